The molecule has 0 saturated heterocycles. The number of nitrogens with one attached hydrogen (secondary N) is 1. The smallest absolute Gasteiger partial charge is 0.0303 e. The minimum absolute atomic E-state index is 0.338. The largest absolute Gasteiger partial charge is 0.271 e. The molecule has 2 atom stereocenters. The van der Waals surface area contributed by atoms with E-state index in [2.05, 4.69) is 40.0 Å². The third-order valence-electron chi connectivity index (χ3n) is 2.34. The average Bonchev–Trinajstić information content (AvgIpc) is 2.10. The second-order valence-corrected chi connectivity index (χ2v) is 6.88. The van der Waals surface area contributed by atoms with E-state index in [0.29, 0.717) is 10.8 Å². The Kier molecular flexibility index (Phi) is 6.83. The van der Waals surface area contributed by atoms with Gasteiger partial charge in [-0.05, 0) is 12.3 Å². The Morgan fingerprint density at radius 1 is 1.36 bits per heavy atom. The van der Waals surface area contributed by atoms with E-state index in [1.807, 2.05) is 11.8 Å². The molecule has 0 rings (SSSR count). The monoisotopic (exact) mass is 218 g/mol. The van der Waals surface area contributed by atoms with Crippen LogP contribution in [0.1, 0.15) is 47.5 Å². The van der Waals surface area contributed by atoms with Crippen LogP contribution in [0.15, 0.2) is 0 Å². The van der Waals surface area contributed by atoms with E-state index in [-0.39, 0.29) is 0 Å². The van der Waals surface area contributed by atoms with Gasteiger partial charge in [0.15, 0.2) is 0 Å². The molecule has 2 unspecified atom stereocenters. The lowest BCUT2D eigenvalue weighted by Crippen LogP contribution is -2.39. The quantitative estimate of drug-likeness (QED) is 0.532. The number of hydrazine groups is 1. The standard InChI is InChI=1S/C11H26N2S/c1-6-9(2)7-10(13-12)8-14-11(3,4)5/h9-10,13H,6-8,12H2,1-5H3. The molecule has 0 aromatic carbocycles. The fourth-order valence-corrected chi connectivity index (χ4v) is 2.12. The summed E-state index contributed by atoms with van der Waals surface area (Å²) in [5.74, 6) is 7.40. The summed E-state index contributed by atoms with van der Waals surface area (Å²) >= 11 is 1.98. The highest BCUT2D eigenvalue weighted by atomic mass is 32.2. The van der Waals surface area contributed by atoms with Gasteiger partial charge in [-0.25, -0.2) is 0 Å². The van der Waals surface area contributed by atoms with Gasteiger partial charge in [-0.3, -0.25) is 11.3 Å². The first-order chi connectivity index (χ1) is 6.39. The Bertz CT molecular complexity index is 143. The predicted octanol–water partition coefficient (Wildman–Crippen LogP) is 2.79. The fourth-order valence-electron chi connectivity index (χ4n) is 1.19. The first-order valence-corrected chi connectivity index (χ1v) is 6.47. The van der Waals surface area contributed by atoms with E-state index >= 15 is 0 Å². The van der Waals surface area contributed by atoms with Crippen LogP contribution in [0.2, 0.25) is 0 Å². The number of rotatable bonds is 6. The lowest BCUT2D eigenvalue weighted by molar-refractivity contribution is 0.422. The second kappa shape index (κ2) is 6.70. The van der Waals surface area contributed by atoms with E-state index in [1.54, 1.807) is 0 Å². The SMILES string of the molecule is CCC(C)CC(CSC(C)(C)C)NN. The molecular weight excluding hydrogens is 192 g/mol. The van der Waals surface area contributed by atoms with Gasteiger partial charge < -0.3 is 0 Å². The summed E-state index contributed by atoms with van der Waals surface area (Å²) in [4.78, 5) is 0. The molecule has 86 valence electrons. The van der Waals surface area contributed by atoms with Crippen LogP contribution in [0.5, 0.6) is 0 Å². The van der Waals surface area contributed by atoms with E-state index in [0.717, 1.165) is 11.7 Å². The summed E-state index contributed by atoms with van der Waals surface area (Å²) in [5, 5.41) is 0. The van der Waals surface area contributed by atoms with Gasteiger partial charge in [0.1, 0.15) is 0 Å². The van der Waals surface area contributed by atoms with Crippen molar-refractivity contribution < 1.29 is 0 Å². The molecule has 0 fully saturated rings. The maximum atomic E-state index is 5.54. The van der Waals surface area contributed by atoms with Crippen molar-refractivity contribution in [2.75, 3.05) is 5.75 Å². The van der Waals surface area contributed by atoms with Gasteiger partial charge in [0, 0.05) is 16.5 Å². The molecular formula is C11H26N2S. The van der Waals surface area contributed by atoms with Gasteiger partial charge in [0.25, 0.3) is 0 Å². The van der Waals surface area contributed by atoms with Crippen LogP contribution < -0.4 is 11.3 Å². The maximum Gasteiger partial charge on any atom is 0.0303 e. The molecule has 0 saturated carbocycles. The topological polar surface area (TPSA) is 38.0 Å². The van der Waals surface area contributed by atoms with Crippen molar-refractivity contribution in [3.8, 4) is 0 Å². The normalized spacial score (nSPS) is 16.7. The van der Waals surface area contributed by atoms with Gasteiger partial charge in [0.05, 0.1) is 0 Å². The Morgan fingerprint density at radius 2 is 1.93 bits per heavy atom. The van der Waals surface area contributed by atoms with E-state index < -0.39 is 0 Å². The van der Waals surface area contributed by atoms with Crippen molar-refractivity contribution in [3.05, 3.63) is 0 Å². The molecule has 0 spiro atoms. The maximum absolute atomic E-state index is 5.54. The molecule has 0 amide bonds. The van der Waals surface area contributed by atoms with Crippen molar-refractivity contribution in [1.82, 2.24) is 5.43 Å². The van der Waals surface area contributed by atoms with Crippen LogP contribution in [-0.4, -0.2) is 16.5 Å². The van der Waals surface area contributed by atoms with Crippen molar-refractivity contribution >= 4 is 11.8 Å². The Morgan fingerprint density at radius 3 is 2.29 bits per heavy atom. The van der Waals surface area contributed by atoms with Gasteiger partial charge in [-0.1, -0.05) is 41.0 Å². The minimum atomic E-state index is 0.338. The lowest BCUT2D eigenvalue weighted by Gasteiger charge is -2.24. The summed E-state index contributed by atoms with van der Waals surface area (Å²) in [6.45, 7) is 11.2. The molecule has 0 aromatic heterocycles. The number of thioether (sulfide) groups is 1. The van der Waals surface area contributed by atoms with Crippen molar-refractivity contribution in [3.63, 3.8) is 0 Å². The summed E-state index contributed by atoms with van der Waals surface area (Å²) < 4.78 is 0.338. The van der Waals surface area contributed by atoms with Crippen LogP contribution in [0.3, 0.4) is 0 Å². The number of hydrogen-bond donors (Lipinski definition) is 2. The van der Waals surface area contributed by atoms with Gasteiger partial charge in [0.2, 0.25) is 0 Å². The van der Waals surface area contributed by atoms with Crippen LogP contribution in [0.4, 0.5) is 0 Å². The summed E-state index contributed by atoms with van der Waals surface area (Å²) in [7, 11) is 0. The van der Waals surface area contributed by atoms with Crippen molar-refractivity contribution in [2.45, 2.75) is 58.2 Å². The van der Waals surface area contributed by atoms with Crippen LogP contribution >= 0.6 is 11.8 Å². The molecule has 0 heterocycles. The third-order valence-corrected chi connectivity index (χ3v) is 3.77. The zero-order valence-corrected chi connectivity index (χ0v) is 11.1. The van der Waals surface area contributed by atoms with E-state index in [9.17, 15) is 0 Å². The minimum Gasteiger partial charge on any atom is -0.271 e. The second-order valence-electron chi connectivity index (χ2n) is 5.04. The molecule has 0 aromatic rings. The molecule has 0 aliphatic carbocycles. The zero-order chi connectivity index (χ0) is 11.2. The van der Waals surface area contributed by atoms with E-state index in [1.165, 1.54) is 12.8 Å². The molecule has 0 radical (unpaired) electrons. The Labute approximate surface area is 93.4 Å². The zero-order valence-electron chi connectivity index (χ0n) is 10.3. The molecule has 3 heteroatoms. The van der Waals surface area contributed by atoms with Crippen LogP contribution in [0.25, 0.3) is 0 Å². The van der Waals surface area contributed by atoms with Gasteiger partial charge in [-0.15, -0.1) is 0 Å². The molecule has 2 nitrogen and oxygen atoms in total. The Hall–Kier alpha value is 0.270. The molecule has 0 bridgehead atoms. The van der Waals surface area contributed by atoms with Crippen molar-refractivity contribution in [2.24, 2.45) is 11.8 Å². The summed E-state index contributed by atoms with van der Waals surface area (Å²) in [5.41, 5.74) is 2.92. The van der Waals surface area contributed by atoms with Crippen molar-refractivity contribution in [1.29, 1.82) is 0 Å². The first kappa shape index (κ1) is 14.3. The fraction of sp³-hybridized carbons (Fsp3) is 1.00. The Balaban J connectivity index is 3.80. The highest BCUT2D eigenvalue weighted by Crippen LogP contribution is 2.25. The average molecular weight is 218 g/mol. The van der Waals surface area contributed by atoms with Gasteiger partial charge in [-0.2, -0.15) is 11.8 Å². The number of nitrogens with two attached hydrogens (primary N) is 1. The molecule has 14 heavy (non-hydrogen) atoms. The highest BCUT2D eigenvalue weighted by molar-refractivity contribution is 8.00. The van der Waals surface area contributed by atoms with Gasteiger partial charge >= 0.3 is 0 Å². The predicted molar refractivity (Wildman–Crippen MR) is 67.4 cm³/mol. The molecule has 3 N–H and O–H groups in total. The molecule has 0 aliphatic heterocycles. The van der Waals surface area contributed by atoms with Crippen LogP contribution in [0, 0.1) is 5.92 Å². The summed E-state index contributed by atoms with van der Waals surface area (Å²) in [6, 6.07) is 0.453. The molecule has 0 aliphatic rings. The number of hydrogen-bond acceptors (Lipinski definition) is 3. The summed E-state index contributed by atoms with van der Waals surface area (Å²) in [6.07, 6.45) is 2.41. The first-order valence-electron chi connectivity index (χ1n) is 5.49. The van der Waals surface area contributed by atoms with E-state index in [4.69, 9.17) is 5.84 Å². The lowest BCUT2D eigenvalue weighted by atomic mass is 10.0. The highest BCUT2D eigenvalue weighted by Gasteiger charge is 2.16. The third kappa shape index (κ3) is 7.65. The van der Waals surface area contributed by atoms with Crippen LogP contribution in [-0.2, 0) is 0 Å².